The monoisotopic (exact) mass is 377 g/mol. The molecule has 0 aromatic carbocycles. The molecule has 1 aromatic heterocycles. The minimum Gasteiger partial charge on any atom is -0.494 e. The van der Waals surface area contributed by atoms with E-state index in [0.29, 0.717) is 50.5 Å². The molecule has 0 unspecified atom stereocenters. The van der Waals surface area contributed by atoms with Crippen molar-refractivity contribution in [3.05, 3.63) is 18.2 Å². The van der Waals surface area contributed by atoms with Crippen LogP contribution in [0.5, 0.6) is 5.75 Å². The number of amides is 1. The van der Waals surface area contributed by atoms with Gasteiger partial charge in [0.2, 0.25) is 5.82 Å². The zero-order chi connectivity index (χ0) is 18.7. The summed E-state index contributed by atoms with van der Waals surface area (Å²) in [4.78, 5) is 22.9. The summed E-state index contributed by atoms with van der Waals surface area (Å²) < 4.78 is 22.3. The molecule has 0 radical (unpaired) electrons. The van der Waals surface area contributed by atoms with Crippen molar-refractivity contribution in [3.8, 4) is 5.75 Å². The number of likely N-dealkylation sites (tertiary alicyclic amines) is 1. The minimum absolute atomic E-state index is 0.118. The standard InChI is InChI=1S/C19H27N3O5/c1-24-16-6-20-17(21-7-16)18(23)22-8-15-10-27-13-19(15,11-22)12-26-9-14-2-4-25-5-3-14/h6-7,14-15H,2-5,8-13H2,1H3/t15-,19-/m1/s1. The van der Waals surface area contributed by atoms with Crippen LogP contribution in [0.4, 0.5) is 0 Å². The van der Waals surface area contributed by atoms with E-state index in [-0.39, 0.29) is 17.1 Å². The van der Waals surface area contributed by atoms with Crippen LogP contribution in [-0.4, -0.2) is 80.6 Å². The Bertz CT molecular complexity index is 649. The molecule has 0 aliphatic carbocycles. The molecule has 0 N–H and O–H groups in total. The van der Waals surface area contributed by atoms with E-state index in [2.05, 4.69) is 9.97 Å². The number of fused-ring (bicyclic) bond motifs is 1. The van der Waals surface area contributed by atoms with Crippen LogP contribution in [0.25, 0.3) is 0 Å². The smallest absolute Gasteiger partial charge is 0.291 e. The number of methoxy groups -OCH3 is 1. The van der Waals surface area contributed by atoms with Crippen LogP contribution in [0.2, 0.25) is 0 Å². The van der Waals surface area contributed by atoms with Gasteiger partial charge in [-0.3, -0.25) is 4.79 Å². The summed E-state index contributed by atoms with van der Waals surface area (Å²) in [5.74, 6) is 1.47. The molecule has 2 atom stereocenters. The summed E-state index contributed by atoms with van der Waals surface area (Å²) in [5.41, 5.74) is -0.118. The predicted octanol–water partition coefficient (Wildman–Crippen LogP) is 1.02. The van der Waals surface area contributed by atoms with E-state index in [9.17, 15) is 4.79 Å². The highest BCUT2D eigenvalue weighted by molar-refractivity contribution is 5.90. The van der Waals surface area contributed by atoms with Gasteiger partial charge in [0.15, 0.2) is 5.75 Å². The Morgan fingerprint density at radius 1 is 1.30 bits per heavy atom. The van der Waals surface area contributed by atoms with Gasteiger partial charge >= 0.3 is 0 Å². The van der Waals surface area contributed by atoms with Crippen molar-refractivity contribution >= 4 is 5.91 Å². The summed E-state index contributed by atoms with van der Waals surface area (Å²) in [7, 11) is 1.55. The molecule has 27 heavy (non-hydrogen) atoms. The predicted molar refractivity (Wildman–Crippen MR) is 95.6 cm³/mol. The van der Waals surface area contributed by atoms with Crippen molar-refractivity contribution in [3.63, 3.8) is 0 Å². The Kier molecular flexibility index (Phi) is 5.56. The Balaban J connectivity index is 1.36. The number of aromatic nitrogens is 2. The van der Waals surface area contributed by atoms with Crippen molar-refractivity contribution < 1.29 is 23.7 Å². The number of hydrogen-bond acceptors (Lipinski definition) is 7. The fourth-order valence-electron chi connectivity index (χ4n) is 4.21. The lowest BCUT2D eigenvalue weighted by Gasteiger charge is -2.28. The van der Waals surface area contributed by atoms with Crippen LogP contribution < -0.4 is 4.74 Å². The lowest BCUT2D eigenvalue weighted by molar-refractivity contribution is -0.0151. The van der Waals surface area contributed by atoms with Crippen LogP contribution in [0.3, 0.4) is 0 Å². The number of rotatable bonds is 6. The third-order valence-corrected chi connectivity index (χ3v) is 5.95. The van der Waals surface area contributed by atoms with Gasteiger partial charge < -0.3 is 23.8 Å². The average molecular weight is 377 g/mol. The molecule has 0 saturated carbocycles. The second kappa shape index (κ2) is 8.08. The molecule has 3 aliphatic heterocycles. The Hall–Kier alpha value is -1.77. The second-order valence-electron chi connectivity index (χ2n) is 7.78. The topological polar surface area (TPSA) is 83.0 Å². The lowest BCUT2D eigenvalue weighted by atomic mass is 9.82. The zero-order valence-electron chi connectivity index (χ0n) is 15.8. The highest BCUT2D eigenvalue weighted by Gasteiger charge is 2.52. The van der Waals surface area contributed by atoms with Gasteiger partial charge in [0, 0.05) is 44.2 Å². The molecular weight excluding hydrogens is 350 g/mol. The van der Waals surface area contributed by atoms with Crippen LogP contribution in [0, 0.1) is 17.3 Å². The van der Waals surface area contributed by atoms with E-state index in [4.69, 9.17) is 18.9 Å². The molecule has 0 spiro atoms. The molecular formula is C19H27N3O5. The first kappa shape index (κ1) is 18.6. The van der Waals surface area contributed by atoms with Crippen molar-refractivity contribution in [2.24, 2.45) is 17.3 Å². The van der Waals surface area contributed by atoms with Gasteiger partial charge in [-0.25, -0.2) is 9.97 Å². The molecule has 1 amide bonds. The van der Waals surface area contributed by atoms with Crippen molar-refractivity contribution in [2.45, 2.75) is 12.8 Å². The molecule has 3 aliphatic rings. The van der Waals surface area contributed by atoms with E-state index in [1.165, 1.54) is 12.4 Å². The van der Waals surface area contributed by atoms with Gasteiger partial charge in [-0.05, 0) is 18.8 Å². The molecule has 8 heteroatoms. The van der Waals surface area contributed by atoms with Crippen LogP contribution in [-0.2, 0) is 14.2 Å². The number of hydrogen-bond donors (Lipinski definition) is 0. The number of carbonyl (C=O) groups is 1. The molecule has 4 heterocycles. The lowest BCUT2D eigenvalue weighted by Crippen LogP contribution is -2.38. The normalized spacial score (nSPS) is 28.3. The van der Waals surface area contributed by atoms with E-state index in [1.54, 1.807) is 7.11 Å². The van der Waals surface area contributed by atoms with Crippen molar-refractivity contribution in [2.75, 3.05) is 59.8 Å². The summed E-state index contributed by atoms with van der Waals surface area (Å²) in [6.45, 7) is 5.64. The SMILES string of the molecule is COc1cnc(C(=O)N2C[C@@H]3COC[C@]3(COCC3CCOCC3)C2)nc1. The maximum absolute atomic E-state index is 12.8. The summed E-state index contributed by atoms with van der Waals surface area (Å²) in [6.07, 6.45) is 5.17. The summed E-state index contributed by atoms with van der Waals surface area (Å²) in [6, 6.07) is 0. The maximum atomic E-state index is 12.8. The van der Waals surface area contributed by atoms with Gasteiger partial charge in [0.05, 0.1) is 39.3 Å². The Morgan fingerprint density at radius 3 is 2.81 bits per heavy atom. The fourth-order valence-corrected chi connectivity index (χ4v) is 4.21. The molecule has 3 saturated heterocycles. The first-order valence-electron chi connectivity index (χ1n) is 9.59. The Morgan fingerprint density at radius 2 is 2.07 bits per heavy atom. The third kappa shape index (κ3) is 3.93. The van der Waals surface area contributed by atoms with Crippen LogP contribution in [0.1, 0.15) is 23.5 Å². The Labute approximate surface area is 159 Å². The first-order valence-corrected chi connectivity index (χ1v) is 9.59. The first-order chi connectivity index (χ1) is 13.2. The highest BCUT2D eigenvalue weighted by atomic mass is 16.5. The van der Waals surface area contributed by atoms with Crippen molar-refractivity contribution in [1.82, 2.24) is 14.9 Å². The molecule has 1 aromatic rings. The number of carbonyl (C=O) groups excluding carboxylic acids is 1. The van der Waals surface area contributed by atoms with E-state index >= 15 is 0 Å². The molecule has 8 nitrogen and oxygen atoms in total. The van der Waals surface area contributed by atoms with Gasteiger partial charge in [-0.2, -0.15) is 0 Å². The van der Waals surface area contributed by atoms with Gasteiger partial charge in [-0.15, -0.1) is 0 Å². The van der Waals surface area contributed by atoms with Gasteiger partial charge in [0.1, 0.15) is 0 Å². The van der Waals surface area contributed by atoms with E-state index in [1.807, 2.05) is 4.90 Å². The summed E-state index contributed by atoms with van der Waals surface area (Å²) >= 11 is 0. The maximum Gasteiger partial charge on any atom is 0.291 e. The molecule has 4 rings (SSSR count). The summed E-state index contributed by atoms with van der Waals surface area (Å²) in [5, 5.41) is 0. The quantitative estimate of drug-likeness (QED) is 0.732. The number of nitrogens with zero attached hydrogens (tertiary/aromatic N) is 3. The largest absolute Gasteiger partial charge is 0.494 e. The van der Waals surface area contributed by atoms with Crippen LogP contribution in [0.15, 0.2) is 12.4 Å². The molecule has 3 fully saturated rings. The van der Waals surface area contributed by atoms with Gasteiger partial charge in [0.25, 0.3) is 5.91 Å². The highest BCUT2D eigenvalue weighted by Crippen LogP contribution is 2.42. The molecule has 0 bridgehead atoms. The zero-order valence-corrected chi connectivity index (χ0v) is 15.8. The minimum atomic E-state index is -0.143. The van der Waals surface area contributed by atoms with E-state index < -0.39 is 0 Å². The fraction of sp³-hybridized carbons (Fsp3) is 0.737. The number of ether oxygens (including phenoxy) is 4. The molecule has 148 valence electrons. The van der Waals surface area contributed by atoms with E-state index in [0.717, 1.165) is 32.7 Å². The average Bonchev–Trinajstić information content (AvgIpc) is 3.25. The second-order valence-corrected chi connectivity index (χ2v) is 7.78. The third-order valence-electron chi connectivity index (χ3n) is 5.95. The van der Waals surface area contributed by atoms with Crippen LogP contribution >= 0.6 is 0 Å². The van der Waals surface area contributed by atoms with Gasteiger partial charge in [-0.1, -0.05) is 0 Å². The van der Waals surface area contributed by atoms with Crippen molar-refractivity contribution in [1.29, 1.82) is 0 Å².